The monoisotopic (exact) mass is 482 g/mol. The number of rotatable bonds is 5. The van der Waals surface area contributed by atoms with Gasteiger partial charge in [0.05, 0.1) is 6.04 Å². The van der Waals surface area contributed by atoms with E-state index in [1.807, 2.05) is 24.3 Å². The highest BCUT2D eigenvalue weighted by Gasteiger charge is 2.42. The normalized spacial score (nSPS) is 23.8. The minimum Gasteiger partial charge on any atom is -0.480 e. The van der Waals surface area contributed by atoms with Gasteiger partial charge in [0.25, 0.3) is 5.91 Å². The number of aliphatic carboxylic acids is 1. The first-order chi connectivity index (χ1) is 16.5. The van der Waals surface area contributed by atoms with Crippen LogP contribution in [0.1, 0.15) is 23.5 Å². The van der Waals surface area contributed by atoms with Gasteiger partial charge in [-0.05, 0) is 28.7 Å². The summed E-state index contributed by atoms with van der Waals surface area (Å²) in [5, 5.41) is 12.3. The van der Waals surface area contributed by atoms with Crippen molar-refractivity contribution in [2.75, 3.05) is 31.3 Å². The van der Waals surface area contributed by atoms with Crippen molar-refractivity contribution in [3.05, 3.63) is 59.7 Å². The first-order valence-corrected chi connectivity index (χ1v) is 12.5. The lowest BCUT2D eigenvalue weighted by Crippen LogP contribution is -2.57. The second-order valence-corrected chi connectivity index (χ2v) is 9.77. The SMILES string of the molecule is O=C(N[C@@H]1CCO[C@@H]1C(=O)N1CCSCC1C(=O)O)OCC1c2ccccc2-c2ccccc21. The lowest BCUT2D eigenvalue weighted by Gasteiger charge is -2.35. The average molecular weight is 483 g/mol. The van der Waals surface area contributed by atoms with Crippen molar-refractivity contribution in [2.24, 2.45) is 0 Å². The van der Waals surface area contributed by atoms with Crippen LogP contribution in [0.4, 0.5) is 4.79 Å². The number of amides is 2. The van der Waals surface area contributed by atoms with Crippen LogP contribution in [-0.2, 0) is 19.1 Å². The topological polar surface area (TPSA) is 105 Å². The van der Waals surface area contributed by atoms with E-state index in [4.69, 9.17) is 9.47 Å². The molecule has 2 N–H and O–H groups in total. The molecule has 8 nitrogen and oxygen atoms in total. The molecule has 5 rings (SSSR count). The highest BCUT2D eigenvalue weighted by molar-refractivity contribution is 7.99. The molecule has 2 amide bonds. The average Bonchev–Trinajstić information content (AvgIpc) is 3.44. The molecule has 0 saturated carbocycles. The Morgan fingerprint density at radius 2 is 1.76 bits per heavy atom. The molecule has 9 heteroatoms. The van der Waals surface area contributed by atoms with Crippen molar-refractivity contribution in [3.8, 4) is 11.1 Å². The van der Waals surface area contributed by atoms with Crippen LogP contribution < -0.4 is 5.32 Å². The third-order valence-corrected chi connectivity index (χ3v) is 7.70. The van der Waals surface area contributed by atoms with Crippen molar-refractivity contribution in [2.45, 2.75) is 30.5 Å². The first kappa shape index (κ1) is 22.7. The van der Waals surface area contributed by atoms with E-state index < -0.39 is 36.2 Å². The second-order valence-electron chi connectivity index (χ2n) is 8.62. The van der Waals surface area contributed by atoms with Gasteiger partial charge in [-0.1, -0.05) is 48.5 Å². The summed E-state index contributed by atoms with van der Waals surface area (Å²) < 4.78 is 11.2. The van der Waals surface area contributed by atoms with Crippen LogP contribution in [-0.4, -0.2) is 77.4 Å². The summed E-state index contributed by atoms with van der Waals surface area (Å²) in [5.74, 6) is -0.461. The van der Waals surface area contributed by atoms with Crippen molar-refractivity contribution in [3.63, 3.8) is 0 Å². The number of thioether (sulfide) groups is 1. The summed E-state index contributed by atoms with van der Waals surface area (Å²) in [6, 6.07) is 14.8. The maximum absolute atomic E-state index is 13.1. The fraction of sp³-hybridized carbons (Fsp3) is 0.400. The number of ether oxygens (including phenoxy) is 2. The van der Waals surface area contributed by atoms with Crippen molar-refractivity contribution >= 4 is 29.7 Å². The Morgan fingerprint density at radius 1 is 1.09 bits per heavy atom. The summed E-state index contributed by atoms with van der Waals surface area (Å²) in [4.78, 5) is 38.7. The van der Waals surface area contributed by atoms with Gasteiger partial charge >= 0.3 is 12.1 Å². The number of benzene rings is 2. The van der Waals surface area contributed by atoms with E-state index in [0.717, 1.165) is 22.3 Å². The van der Waals surface area contributed by atoms with Gasteiger partial charge in [0.2, 0.25) is 0 Å². The zero-order valence-corrected chi connectivity index (χ0v) is 19.3. The number of nitrogens with one attached hydrogen (secondary N) is 1. The van der Waals surface area contributed by atoms with Gasteiger partial charge in [0.1, 0.15) is 12.6 Å². The van der Waals surface area contributed by atoms with E-state index in [9.17, 15) is 19.5 Å². The number of hydrogen-bond acceptors (Lipinski definition) is 6. The van der Waals surface area contributed by atoms with Crippen LogP contribution in [0.15, 0.2) is 48.5 Å². The summed E-state index contributed by atoms with van der Waals surface area (Å²) in [7, 11) is 0. The first-order valence-electron chi connectivity index (χ1n) is 11.4. The van der Waals surface area contributed by atoms with Crippen LogP contribution >= 0.6 is 11.8 Å². The van der Waals surface area contributed by atoms with Crippen LogP contribution in [0, 0.1) is 0 Å². The molecule has 1 aliphatic carbocycles. The minimum atomic E-state index is -1.03. The van der Waals surface area contributed by atoms with Gasteiger partial charge in [0.15, 0.2) is 6.10 Å². The molecule has 2 heterocycles. The lowest BCUT2D eigenvalue weighted by atomic mass is 9.98. The van der Waals surface area contributed by atoms with E-state index in [1.165, 1.54) is 16.7 Å². The third kappa shape index (κ3) is 4.25. The molecule has 0 spiro atoms. The van der Waals surface area contributed by atoms with E-state index in [-0.39, 0.29) is 12.5 Å². The summed E-state index contributed by atoms with van der Waals surface area (Å²) in [5.41, 5.74) is 4.54. The lowest BCUT2D eigenvalue weighted by molar-refractivity contribution is -0.154. The molecule has 178 valence electrons. The van der Waals surface area contributed by atoms with Gasteiger partial charge in [-0.25, -0.2) is 9.59 Å². The smallest absolute Gasteiger partial charge is 0.407 e. The summed E-state index contributed by atoms with van der Waals surface area (Å²) in [6.07, 6.45) is -1.06. The van der Waals surface area contributed by atoms with Gasteiger partial charge in [-0.15, -0.1) is 0 Å². The molecule has 2 aromatic rings. The predicted octanol–water partition coefficient (Wildman–Crippen LogP) is 2.71. The van der Waals surface area contributed by atoms with Gasteiger partial charge in [0, 0.05) is 30.6 Å². The third-order valence-electron chi connectivity index (χ3n) is 6.68. The maximum Gasteiger partial charge on any atom is 0.407 e. The summed E-state index contributed by atoms with van der Waals surface area (Å²) in [6.45, 7) is 0.833. The quantitative estimate of drug-likeness (QED) is 0.675. The van der Waals surface area contributed by atoms with E-state index in [1.54, 1.807) is 0 Å². The highest BCUT2D eigenvalue weighted by Crippen LogP contribution is 2.44. The van der Waals surface area contributed by atoms with Crippen LogP contribution in [0.2, 0.25) is 0 Å². The van der Waals surface area contributed by atoms with E-state index in [2.05, 4.69) is 29.6 Å². The number of fused-ring (bicyclic) bond motifs is 3. The standard InChI is InChI=1S/C25H26N2O6S/c28-23(27-10-12-34-14-21(27)24(29)30)22-20(9-11-32-22)26-25(31)33-13-19-17-7-3-1-5-15(17)16-6-2-4-8-18(16)19/h1-8,19-22H,9-14H2,(H,26,31)(H,29,30)/t20-,21?,22+/m1/s1. The number of carboxylic acids is 1. The molecular weight excluding hydrogens is 456 g/mol. The Kier molecular flexibility index (Phi) is 6.47. The Morgan fingerprint density at radius 3 is 2.44 bits per heavy atom. The fourth-order valence-electron chi connectivity index (χ4n) is 5.01. The summed E-state index contributed by atoms with van der Waals surface area (Å²) >= 11 is 1.51. The van der Waals surface area contributed by atoms with Crippen LogP contribution in [0.25, 0.3) is 11.1 Å². The molecular formula is C25H26N2O6S. The number of hydrogen-bond donors (Lipinski definition) is 2. The predicted molar refractivity (Wildman–Crippen MR) is 127 cm³/mol. The van der Waals surface area contributed by atoms with Crippen molar-refractivity contribution in [1.29, 1.82) is 0 Å². The zero-order valence-electron chi connectivity index (χ0n) is 18.5. The minimum absolute atomic E-state index is 0.0578. The molecule has 0 aromatic heterocycles. The maximum atomic E-state index is 13.1. The molecule has 2 fully saturated rings. The van der Waals surface area contributed by atoms with Crippen molar-refractivity contribution in [1.82, 2.24) is 10.2 Å². The molecule has 3 aliphatic rings. The number of carbonyl (C=O) groups is 3. The Bertz CT molecular complexity index is 1060. The molecule has 1 unspecified atom stereocenters. The Balaban J connectivity index is 1.23. The van der Waals surface area contributed by atoms with Crippen LogP contribution in [0.5, 0.6) is 0 Å². The van der Waals surface area contributed by atoms with Crippen molar-refractivity contribution < 1.29 is 29.0 Å². The molecule has 0 bridgehead atoms. The number of nitrogens with zero attached hydrogens (tertiary/aromatic N) is 1. The molecule has 2 aliphatic heterocycles. The molecule has 2 aromatic carbocycles. The molecule has 0 radical (unpaired) electrons. The number of carboxylic acid groups (broad SMARTS) is 1. The molecule has 34 heavy (non-hydrogen) atoms. The number of carbonyl (C=O) groups excluding carboxylic acids is 2. The second kappa shape index (κ2) is 9.68. The van der Waals surface area contributed by atoms with E-state index >= 15 is 0 Å². The fourth-order valence-corrected chi connectivity index (χ4v) is 6.05. The van der Waals surface area contributed by atoms with Gasteiger partial charge < -0.3 is 24.8 Å². The van der Waals surface area contributed by atoms with E-state index in [0.29, 0.717) is 31.1 Å². The molecule has 2 saturated heterocycles. The molecule has 3 atom stereocenters. The Hall–Kier alpha value is -3.04. The highest BCUT2D eigenvalue weighted by atomic mass is 32.2. The van der Waals surface area contributed by atoms with Gasteiger partial charge in [-0.2, -0.15) is 11.8 Å². The van der Waals surface area contributed by atoms with Crippen LogP contribution in [0.3, 0.4) is 0 Å². The van der Waals surface area contributed by atoms with Gasteiger partial charge in [-0.3, -0.25) is 4.79 Å². The largest absolute Gasteiger partial charge is 0.480 e. The zero-order chi connectivity index (χ0) is 23.7. The Labute approximate surface area is 201 Å². The number of alkyl carbamates (subject to hydrolysis) is 1.